The number of para-hydroxylation sites is 2. The molecule has 9 heteroatoms. The third-order valence-corrected chi connectivity index (χ3v) is 5.59. The molecule has 1 unspecified atom stereocenters. The fourth-order valence-corrected chi connectivity index (χ4v) is 3.89. The number of thioether (sulfide) groups is 1. The Morgan fingerprint density at radius 2 is 1.87 bits per heavy atom. The second-order valence-electron chi connectivity index (χ2n) is 6.86. The number of fused-ring (bicyclic) bond motifs is 1. The lowest BCUT2D eigenvalue weighted by Gasteiger charge is -2.29. The maximum Gasteiger partial charge on any atom is 0.255 e. The SMILES string of the molecule is COc1ccc(C2C(C(=O)Nc3ccccc3OC)=C(C)Nc3nc(SC)nn32)cc1. The normalized spacial score (nSPS) is 15.2. The van der Waals surface area contributed by atoms with Gasteiger partial charge < -0.3 is 20.1 Å². The number of methoxy groups -OCH3 is 2. The maximum absolute atomic E-state index is 13.5. The summed E-state index contributed by atoms with van der Waals surface area (Å²) in [6.45, 7) is 1.87. The summed E-state index contributed by atoms with van der Waals surface area (Å²) in [5, 5.41) is 11.4. The van der Waals surface area contributed by atoms with E-state index in [1.807, 2.05) is 49.6 Å². The average Bonchev–Trinajstić information content (AvgIpc) is 3.21. The van der Waals surface area contributed by atoms with Crippen LogP contribution in [0.5, 0.6) is 11.5 Å². The van der Waals surface area contributed by atoms with Crippen LogP contribution in [-0.4, -0.2) is 41.1 Å². The molecule has 2 aromatic carbocycles. The van der Waals surface area contributed by atoms with E-state index >= 15 is 0 Å². The minimum Gasteiger partial charge on any atom is -0.497 e. The van der Waals surface area contributed by atoms with Crippen LogP contribution in [0.4, 0.5) is 11.6 Å². The summed E-state index contributed by atoms with van der Waals surface area (Å²) in [6.07, 6.45) is 1.92. The number of amides is 1. The van der Waals surface area contributed by atoms with Crippen LogP contribution in [0.2, 0.25) is 0 Å². The summed E-state index contributed by atoms with van der Waals surface area (Å²) in [4.78, 5) is 18.0. The van der Waals surface area contributed by atoms with Gasteiger partial charge in [0.15, 0.2) is 0 Å². The highest BCUT2D eigenvalue weighted by Crippen LogP contribution is 2.37. The highest BCUT2D eigenvalue weighted by Gasteiger charge is 2.34. The van der Waals surface area contributed by atoms with E-state index in [2.05, 4.69) is 20.7 Å². The summed E-state index contributed by atoms with van der Waals surface area (Å²) in [5.74, 6) is 1.67. The number of aromatic nitrogens is 3. The number of carbonyl (C=O) groups excluding carboxylic acids is 1. The molecule has 1 aliphatic heterocycles. The minimum atomic E-state index is -0.453. The minimum absolute atomic E-state index is 0.248. The van der Waals surface area contributed by atoms with E-state index in [1.165, 1.54) is 11.8 Å². The number of allylic oxidation sites excluding steroid dienone is 1. The first kappa shape index (κ1) is 20.8. The number of ether oxygens (including phenoxy) is 2. The fraction of sp³-hybridized carbons (Fsp3) is 0.227. The number of hydrogen-bond donors (Lipinski definition) is 2. The van der Waals surface area contributed by atoms with E-state index in [-0.39, 0.29) is 5.91 Å². The Kier molecular flexibility index (Phi) is 5.85. The number of benzene rings is 2. The molecule has 160 valence electrons. The second kappa shape index (κ2) is 8.73. The predicted octanol–water partition coefficient (Wildman–Crippen LogP) is 3.94. The first-order valence-electron chi connectivity index (χ1n) is 9.62. The highest BCUT2D eigenvalue weighted by atomic mass is 32.2. The number of nitrogens with zero attached hydrogens (tertiary/aromatic N) is 3. The van der Waals surface area contributed by atoms with Gasteiger partial charge in [-0.2, -0.15) is 4.98 Å². The van der Waals surface area contributed by atoms with Crippen LogP contribution in [0.3, 0.4) is 0 Å². The van der Waals surface area contributed by atoms with Crippen molar-refractivity contribution in [2.24, 2.45) is 0 Å². The first-order valence-corrected chi connectivity index (χ1v) is 10.8. The fourth-order valence-electron chi connectivity index (χ4n) is 3.54. The van der Waals surface area contributed by atoms with Gasteiger partial charge in [0, 0.05) is 5.70 Å². The van der Waals surface area contributed by atoms with Crippen molar-refractivity contribution in [2.45, 2.75) is 18.1 Å². The molecule has 1 amide bonds. The third-order valence-electron chi connectivity index (χ3n) is 5.05. The number of anilines is 2. The van der Waals surface area contributed by atoms with Gasteiger partial charge in [0.1, 0.15) is 17.5 Å². The molecular weight excluding hydrogens is 414 g/mol. The summed E-state index contributed by atoms with van der Waals surface area (Å²) < 4.78 is 12.4. The molecule has 1 aliphatic rings. The van der Waals surface area contributed by atoms with Crippen LogP contribution in [0.25, 0.3) is 0 Å². The summed E-state index contributed by atoms with van der Waals surface area (Å²) >= 11 is 1.45. The molecule has 0 spiro atoms. The molecule has 4 rings (SSSR count). The topological polar surface area (TPSA) is 90.3 Å². The molecule has 1 aromatic heterocycles. The summed E-state index contributed by atoms with van der Waals surface area (Å²) in [6, 6.07) is 14.5. The molecule has 3 aromatic rings. The lowest BCUT2D eigenvalue weighted by atomic mass is 9.95. The van der Waals surface area contributed by atoms with Gasteiger partial charge in [-0.15, -0.1) is 5.10 Å². The molecule has 0 radical (unpaired) electrons. The quantitative estimate of drug-likeness (QED) is 0.565. The van der Waals surface area contributed by atoms with Crippen LogP contribution >= 0.6 is 11.8 Å². The monoisotopic (exact) mass is 437 g/mol. The Bertz CT molecular complexity index is 1140. The molecule has 0 saturated heterocycles. The van der Waals surface area contributed by atoms with Gasteiger partial charge in [-0.05, 0) is 43.0 Å². The molecule has 2 heterocycles. The van der Waals surface area contributed by atoms with Crippen LogP contribution in [0.1, 0.15) is 18.5 Å². The molecule has 31 heavy (non-hydrogen) atoms. The zero-order valence-corrected chi connectivity index (χ0v) is 18.5. The van der Waals surface area contributed by atoms with Crippen molar-refractivity contribution in [1.29, 1.82) is 0 Å². The molecular formula is C22H23N5O3S. The van der Waals surface area contributed by atoms with E-state index in [0.29, 0.717) is 33.8 Å². The van der Waals surface area contributed by atoms with Gasteiger partial charge in [0.05, 0.1) is 25.5 Å². The van der Waals surface area contributed by atoms with Crippen molar-refractivity contribution in [3.05, 3.63) is 65.4 Å². The van der Waals surface area contributed by atoms with E-state index in [4.69, 9.17) is 9.47 Å². The Morgan fingerprint density at radius 3 is 2.55 bits per heavy atom. The van der Waals surface area contributed by atoms with Gasteiger partial charge >= 0.3 is 0 Å². The van der Waals surface area contributed by atoms with Crippen LogP contribution < -0.4 is 20.1 Å². The predicted molar refractivity (Wildman–Crippen MR) is 121 cm³/mol. The van der Waals surface area contributed by atoms with Crippen molar-refractivity contribution < 1.29 is 14.3 Å². The Labute approximate surface area is 184 Å². The second-order valence-corrected chi connectivity index (χ2v) is 7.63. The Balaban J connectivity index is 1.78. The number of rotatable bonds is 6. The summed E-state index contributed by atoms with van der Waals surface area (Å²) in [7, 11) is 3.19. The van der Waals surface area contributed by atoms with E-state index in [1.54, 1.807) is 31.0 Å². The smallest absolute Gasteiger partial charge is 0.255 e. The van der Waals surface area contributed by atoms with Crippen molar-refractivity contribution in [1.82, 2.24) is 14.8 Å². The number of nitrogens with one attached hydrogen (secondary N) is 2. The molecule has 0 aliphatic carbocycles. The highest BCUT2D eigenvalue weighted by molar-refractivity contribution is 7.98. The number of carbonyl (C=O) groups is 1. The zero-order chi connectivity index (χ0) is 22.0. The Hall–Kier alpha value is -3.46. The van der Waals surface area contributed by atoms with E-state index in [0.717, 1.165) is 11.3 Å². The molecule has 0 bridgehead atoms. The van der Waals surface area contributed by atoms with Crippen LogP contribution in [0.15, 0.2) is 65.0 Å². The number of hydrogen-bond acceptors (Lipinski definition) is 7. The van der Waals surface area contributed by atoms with E-state index in [9.17, 15) is 4.79 Å². The average molecular weight is 438 g/mol. The van der Waals surface area contributed by atoms with Crippen molar-refractivity contribution >= 4 is 29.3 Å². The van der Waals surface area contributed by atoms with Gasteiger partial charge in [0.2, 0.25) is 11.1 Å². The third kappa shape index (κ3) is 3.96. The molecule has 8 nitrogen and oxygen atoms in total. The van der Waals surface area contributed by atoms with Crippen LogP contribution in [-0.2, 0) is 4.79 Å². The van der Waals surface area contributed by atoms with Crippen molar-refractivity contribution in [3.8, 4) is 11.5 Å². The molecule has 2 N–H and O–H groups in total. The van der Waals surface area contributed by atoms with Crippen molar-refractivity contribution in [3.63, 3.8) is 0 Å². The van der Waals surface area contributed by atoms with E-state index < -0.39 is 6.04 Å². The van der Waals surface area contributed by atoms with Crippen molar-refractivity contribution in [2.75, 3.05) is 31.1 Å². The van der Waals surface area contributed by atoms with Gasteiger partial charge in [-0.25, -0.2) is 4.68 Å². The zero-order valence-electron chi connectivity index (χ0n) is 17.7. The maximum atomic E-state index is 13.5. The molecule has 0 fully saturated rings. The van der Waals surface area contributed by atoms with Gasteiger partial charge in [0.25, 0.3) is 5.91 Å². The first-order chi connectivity index (χ1) is 15.0. The lowest BCUT2D eigenvalue weighted by Crippen LogP contribution is -2.31. The Morgan fingerprint density at radius 1 is 1.13 bits per heavy atom. The molecule has 0 saturated carbocycles. The molecule has 1 atom stereocenters. The van der Waals surface area contributed by atoms with Gasteiger partial charge in [-0.1, -0.05) is 36.0 Å². The summed E-state index contributed by atoms with van der Waals surface area (Å²) in [5.41, 5.74) is 2.74. The van der Waals surface area contributed by atoms with Gasteiger partial charge in [-0.3, -0.25) is 4.79 Å². The standard InChI is InChI=1S/C22H23N5O3S/c1-13-18(20(28)24-16-7-5-6-8-17(16)30-3)19(14-9-11-15(29-2)12-10-14)27-21(23-13)25-22(26-27)31-4/h5-12,19H,1-4H3,(H,24,28)(H,23,25,26). The van der Waals surface area contributed by atoms with Crippen LogP contribution in [0, 0.1) is 0 Å². The largest absolute Gasteiger partial charge is 0.497 e. The lowest BCUT2D eigenvalue weighted by molar-refractivity contribution is -0.113.